The Balaban J connectivity index is 2.37. The van der Waals surface area contributed by atoms with E-state index in [9.17, 15) is 26.7 Å². The van der Waals surface area contributed by atoms with Gasteiger partial charge in [-0.25, -0.2) is 13.4 Å². The third kappa shape index (κ3) is 4.62. The van der Waals surface area contributed by atoms with Gasteiger partial charge in [-0.15, -0.1) is 0 Å². The average Bonchev–Trinajstić information content (AvgIpc) is 3.07. The Hall–Kier alpha value is -1.39. The molecule has 1 aromatic heterocycles. The van der Waals surface area contributed by atoms with Crippen molar-refractivity contribution >= 4 is 15.8 Å². The fourth-order valence-electron chi connectivity index (χ4n) is 2.40. The maximum atomic E-state index is 13.4. The number of alkyl halides is 3. The topological polar surface area (TPSA) is 82.5 Å². The Kier molecular flexibility index (Phi) is 5.65. The maximum Gasteiger partial charge on any atom is 0.419 e. The molecule has 0 amide bonds. The molecular weight excluding hydrogens is 359 g/mol. The second kappa shape index (κ2) is 7.08. The number of anilines is 1. The first-order valence-corrected chi connectivity index (χ1v) is 9.33. The van der Waals surface area contributed by atoms with Crippen LogP contribution in [-0.4, -0.2) is 49.1 Å². The molecule has 1 aliphatic rings. The zero-order valence-corrected chi connectivity index (χ0v) is 14.9. The summed E-state index contributed by atoms with van der Waals surface area (Å²) < 4.78 is 66.2. The lowest BCUT2D eigenvalue weighted by atomic mass is 9.95. The largest absolute Gasteiger partial charge is 0.419 e. The van der Waals surface area contributed by atoms with Crippen molar-refractivity contribution in [1.82, 2.24) is 9.29 Å². The quantitative estimate of drug-likeness (QED) is 0.790. The van der Waals surface area contributed by atoms with E-state index in [0.29, 0.717) is 32.0 Å². The highest BCUT2D eigenvalue weighted by Crippen LogP contribution is 2.36. The van der Waals surface area contributed by atoms with Crippen molar-refractivity contribution in [2.75, 3.05) is 31.6 Å². The van der Waals surface area contributed by atoms with Crippen LogP contribution >= 0.6 is 0 Å². The number of aromatic nitrogens is 1. The molecule has 2 rings (SSSR count). The number of pyridine rings is 1. The molecule has 0 spiro atoms. The summed E-state index contributed by atoms with van der Waals surface area (Å²) in [6, 6.07) is 0.620. The Morgan fingerprint density at radius 3 is 2.40 bits per heavy atom. The van der Waals surface area contributed by atoms with Crippen molar-refractivity contribution in [3.8, 4) is 0 Å². The second-order valence-corrected chi connectivity index (χ2v) is 8.79. The summed E-state index contributed by atoms with van der Waals surface area (Å²) in [6.45, 7) is 3.79. The van der Waals surface area contributed by atoms with Gasteiger partial charge < -0.3 is 10.4 Å². The van der Waals surface area contributed by atoms with Gasteiger partial charge in [0.25, 0.3) is 0 Å². The van der Waals surface area contributed by atoms with Gasteiger partial charge >= 0.3 is 6.18 Å². The monoisotopic (exact) mass is 381 g/mol. The molecule has 10 heteroatoms. The third-order valence-corrected chi connectivity index (χ3v) is 5.90. The van der Waals surface area contributed by atoms with Gasteiger partial charge in [-0.05, 0) is 18.9 Å². The summed E-state index contributed by atoms with van der Waals surface area (Å²) in [4.78, 5) is 3.24. The molecular formula is C15H22F3N3O3S. The molecule has 25 heavy (non-hydrogen) atoms. The van der Waals surface area contributed by atoms with Gasteiger partial charge in [0, 0.05) is 37.9 Å². The molecule has 0 radical (unpaired) electrons. The Morgan fingerprint density at radius 1 is 1.28 bits per heavy atom. The van der Waals surface area contributed by atoms with E-state index in [1.807, 2.05) is 0 Å². The van der Waals surface area contributed by atoms with E-state index in [1.165, 1.54) is 4.31 Å². The lowest BCUT2D eigenvalue weighted by Crippen LogP contribution is -2.29. The molecule has 1 fully saturated rings. The standard InChI is InChI=1S/C15H22F3N3O3S/c1-14(2,10-22)9-20-13-12(15(16,17)18)7-11(8-19-13)25(23,24)21-5-3-4-6-21/h7-8,22H,3-6,9-10H2,1-2H3,(H,19,20). The first kappa shape index (κ1) is 19.9. The number of halogens is 3. The van der Waals surface area contributed by atoms with Crippen LogP contribution in [0.3, 0.4) is 0 Å². The molecule has 6 nitrogen and oxygen atoms in total. The van der Waals surface area contributed by atoms with Crippen LogP contribution in [0.4, 0.5) is 19.0 Å². The van der Waals surface area contributed by atoms with Gasteiger partial charge in [-0.1, -0.05) is 13.8 Å². The zero-order chi connectivity index (χ0) is 18.9. The van der Waals surface area contributed by atoms with Gasteiger partial charge in [-0.3, -0.25) is 0 Å². The van der Waals surface area contributed by atoms with Crippen LogP contribution in [0.25, 0.3) is 0 Å². The first-order chi connectivity index (χ1) is 11.5. The lowest BCUT2D eigenvalue weighted by Gasteiger charge is -2.24. The number of aliphatic hydroxyl groups excluding tert-OH is 1. The summed E-state index contributed by atoms with van der Waals surface area (Å²) >= 11 is 0. The van der Waals surface area contributed by atoms with E-state index in [1.54, 1.807) is 13.8 Å². The number of nitrogens with one attached hydrogen (secondary N) is 1. The van der Waals surface area contributed by atoms with E-state index < -0.39 is 37.9 Å². The summed E-state index contributed by atoms with van der Waals surface area (Å²) in [5, 5.41) is 11.8. The van der Waals surface area contributed by atoms with E-state index in [4.69, 9.17) is 0 Å². The van der Waals surface area contributed by atoms with Crippen molar-refractivity contribution in [3.05, 3.63) is 17.8 Å². The highest BCUT2D eigenvalue weighted by atomic mass is 32.2. The summed E-state index contributed by atoms with van der Waals surface area (Å²) in [5.74, 6) is -0.450. The fourth-order valence-corrected chi connectivity index (χ4v) is 3.89. The molecule has 0 atom stereocenters. The molecule has 1 aliphatic heterocycles. The second-order valence-electron chi connectivity index (χ2n) is 6.85. The fraction of sp³-hybridized carbons (Fsp3) is 0.667. The van der Waals surface area contributed by atoms with Gasteiger partial charge in [-0.2, -0.15) is 17.5 Å². The van der Waals surface area contributed by atoms with Crippen molar-refractivity contribution in [1.29, 1.82) is 0 Å². The third-order valence-electron chi connectivity index (χ3n) is 4.03. The van der Waals surface area contributed by atoms with Crippen LogP contribution in [0.2, 0.25) is 0 Å². The molecule has 0 aromatic carbocycles. The minimum atomic E-state index is -4.75. The van der Waals surface area contributed by atoms with Crippen LogP contribution in [0, 0.1) is 5.41 Å². The smallest absolute Gasteiger partial charge is 0.396 e. The van der Waals surface area contributed by atoms with Crippen LogP contribution in [0.5, 0.6) is 0 Å². The van der Waals surface area contributed by atoms with Crippen LogP contribution in [-0.2, 0) is 16.2 Å². The van der Waals surface area contributed by atoms with Gasteiger partial charge in [0.05, 0.1) is 5.56 Å². The van der Waals surface area contributed by atoms with Crippen LogP contribution in [0.1, 0.15) is 32.3 Å². The molecule has 1 aromatic rings. The Morgan fingerprint density at radius 2 is 1.88 bits per heavy atom. The molecule has 0 unspecified atom stereocenters. The Bertz CT molecular complexity index is 714. The van der Waals surface area contributed by atoms with Gasteiger partial charge in [0.2, 0.25) is 10.0 Å². The van der Waals surface area contributed by atoms with E-state index in [0.717, 1.165) is 6.20 Å². The van der Waals surface area contributed by atoms with E-state index in [2.05, 4.69) is 10.3 Å². The number of hydrogen-bond donors (Lipinski definition) is 2. The highest BCUT2D eigenvalue weighted by molar-refractivity contribution is 7.89. The normalized spacial score (nSPS) is 17.0. The number of rotatable bonds is 6. The van der Waals surface area contributed by atoms with E-state index >= 15 is 0 Å². The molecule has 1 saturated heterocycles. The maximum absolute atomic E-state index is 13.4. The predicted molar refractivity (Wildman–Crippen MR) is 86.6 cm³/mol. The number of hydrogen-bond acceptors (Lipinski definition) is 5. The average molecular weight is 381 g/mol. The molecule has 2 N–H and O–H groups in total. The molecule has 0 aliphatic carbocycles. The number of aliphatic hydroxyl groups is 1. The van der Waals surface area contributed by atoms with Gasteiger partial charge in [0.1, 0.15) is 10.7 Å². The van der Waals surface area contributed by atoms with Crippen molar-refractivity contribution in [2.24, 2.45) is 5.41 Å². The number of nitrogens with zero attached hydrogens (tertiary/aromatic N) is 2. The van der Waals surface area contributed by atoms with Crippen molar-refractivity contribution in [2.45, 2.75) is 37.8 Å². The Labute approximate surface area is 145 Å². The SMILES string of the molecule is CC(C)(CO)CNc1ncc(S(=O)(=O)N2CCCC2)cc1C(F)(F)F. The number of sulfonamides is 1. The molecule has 142 valence electrons. The minimum Gasteiger partial charge on any atom is -0.396 e. The minimum absolute atomic E-state index is 0.0534. The molecule has 2 heterocycles. The van der Waals surface area contributed by atoms with Gasteiger partial charge in [0.15, 0.2) is 0 Å². The lowest BCUT2D eigenvalue weighted by molar-refractivity contribution is -0.137. The van der Waals surface area contributed by atoms with Crippen LogP contribution in [0.15, 0.2) is 17.2 Å². The highest BCUT2D eigenvalue weighted by Gasteiger charge is 2.37. The zero-order valence-electron chi connectivity index (χ0n) is 14.1. The van der Waals surface area contributed by atoms with E-state index in [-0.39, 0.29) is 13.2 Å². The molecule has 0 bridgehead atoms. The molecule has 0 saturated carbocycles. The summed E-state index contributed by atoms with van der Waals surface area (Å²) in [7, 11) is -3.98. The summed E-state index contributed by atoms with van der Waals surface area (Å²) in [5.41, 5.74) is -1.79. The van der Waals surface area contributed by atoms with Crippen molar-refractivity contribution in [3.63, 3.8) is 0 Å². The van der Waals surface area contributed by atoms with Crippen LogP contribution < -0.4 is 5.32 Å². The first-order valence-electron chi connectivity index (χ1n) is 7.89. The summed E-state index contributed by atoms with van der Waals surface area (Å²) in [6.07, 6.45) is -2.43. The van der Waals surface area contributed by atoms with Crippen molar-refractivity contribution < 1.29 is 26.7 Å². The predicted octanol–water partition coefficient (Wildman–Crippen LogP) is 2.32.